The van der Waals surface area contributed by atoms with Crippen LogP contribution >= 0.6 is 0 Å². The van der Waals surface area contributed by atoms with Gasteiger partial charge in [0.25, 0.3) is 0 Å². The fourth-order valence-corrected chi connectivity index (χ4v) is 4.08. The van der Waals surface area contributed by atoms with Gasteiger partial charge < -0.3 is 0 Å². The average molecular weight is 256 g/mol. The predicted molar refractivity (Wildman–Crippen MR) is 78.2 cm³/mol. The number of benzene rings is 1. The van der Waals surface area contributed by atoms with E-state index < -0.39 is 0 Å². The first kappa shape index (κ1) is 12.9. The van der Waals surface area contributed by atoms with Crippen LogP contribution in [0.4, 0.5) is 0 Å². The molecular formula is C18H24O. The molecule has 0 bridgehead atoms. The smallest absolute Gasteiger partial charge is 0.137 e. The zero-order valence-corrected chi connectivity index (χ0v) is 12.1. The minimum absolute atomic E-state index is 0.350. The van der Waals surface area contributed by atoms with Crippen molar-refractivity contribution in [2.24, 2.45) is 17.8 Å². The summed E-state index contributed by atoms with van der Waals surface area (Å²) in [5.41, 5.74) is 2.96. The van der Waals surface area contributed by atoms with E-state index in [9.17, 15) is 4.79 Å². The summed E-state index contributed by atoms with van der Waals surface area (Å²) in [5.74, 6) is 2.67. The monoisotopic (exact) mass is 256 g/mol. The number of hydrogen-bond acceptors (Lipinski definition) is 1. The molecule has 0 heterocycles. The largest absolute Gasteiger partial charge is 0.299 e. The van der Waals surface area contributed by atoms with Gasteiger partial charge in [-0.2, -0.15) is 0 Å². The van der Waals surface area contributed by atoms with Gasteiger partial charge in [-0.25, -0.2) is 0 Å². The number of hydrogen-bond donors (Lipinski definition) is 0. The Morgan fingerprint density at radius 3 is 2.95 bits per heavy atom. The molecule has 0 N–H and O–H groups in total. The maximum atomic E-state index is 12.5. The lowest BCUT2D eigenvalue weighted by Crippen LogP contribution is -2.09. The summed E-state index contributed by atoms with van der Waals surface area (Å²) in [6, 6.07) is 8.74. The molecule has 4 atom stereocenters. The molecule has 1 aromatic carbocycles. The Morgan fingerprint density at radius 1 is 1.37 bits per heavy atom. The van der Waals surface area contributed by atoms with E-state index in [1.807, 2.05) is 0 Å². The van der Waals surface area contributed by atoms with E-state index in [4.69, 9.17) is 0 Å². The Balaban J connectivity index is 1.69. The van der Waals surface area contributed by atoms with Gasteiger partial charge in [0.2, 0.25) is 0 Å². The Kier molecular flexibility index (Phi) is 3.47. The Labute approximate surface area is 116 Å². The highest BCUT2D eigenvalue weighted by Crippen LogP contribution is 2.60. The van der Waals surface area contributed by atoms with Crippen molar-refractivity contribution in [3.63, 3.8) is 0 Å². The number of ketones is 1. The second-order valence-electron chi connectivity index (χ2n) is 6.52. The molecule has 3 rings (SSSR count). The van der Waals surface area contributed by atoms with Crippen molar-refractivity contribution >= 4 is 5.78 Å². The lowest BCUT2D eigenvalue weighted by atomic mass is 9.92. The van der Waals surface area contributed by atoms with Crippen LogP contribution in [0.1, 0.15) is 56.6 Å². The summed E-state index contributed by atoms with van der Waals surface area (Å²) < 4.78 is 0. The summed E-state index contributed by atoms with van der Waals surface area (Å²) in [4.78, 5) is 12.5. The van der Waals surface area contributed by atoms with Gasteiger partial charge in [0.1, 0.15) is 5.78 Å². The number of Topliss-reactive ketones (excluding diaryl/α,β-unsaturated/α-hetero) is 1. The first-order chi connectivity index (χ1) is 9.22. The van der Waals surface area contributed by atoms with E-state index in [-0.39, 0.29) is 0 Å². The second kappa shape index (κ2) is 5.11. The zero-order chi connectivity index (χ0) is 13.4. The maximum Gasteiger partial charge on any atom is 0.137 e. The first-order valence-electron chi connectivity index (χ1n) is 7.83. The van der Waals surface area contributed by atoms with Crippen molar-refractivity contribution in [1.29, 1.82) is 0 Å². The van der Waals surface area contributed by atoms with Gasteiger partial charge in [-0.1, -0.05) is 51.0 Å². The van der Waals surface area contributed by atoms with E-state index >= 15 is 0 Å². The molecule has 1 heteroatoms. The molecule has 1 aromatic rings. The number of aryl methyl sites for hydroxylation is 1. The molecule has 0 spiro atoms. The van der Waals surface area contributed by atoms with Crippen LogP contribution in [0.3, 0.4) is 0 Å². The van der Waals surface area contributed by atoms with E-state index in [2.05, 4.69) is 38.1 Å². The third-order valence-corrected chi connectivity index (χ3v) is 5.03. The Hall–Kier alpha value is -1.11. The summed E-state index contributed by atoms with van der Waals surface area (Å²) >= 11 is 0. The van der Waals surface area contributed by atoms with Crippen molar-refractivity contribution in [2.75, 3.05) is 0 Å². The molecule has 0 aromatic heterocycles. The first-order valence-corrected chi connectivity index (χ1v) is 7.83. The van der Waals surface area contributed by atoms with E-state index in [1.165, 1.54) is 36.8 Å². The van der Waals surface area contributed by atoms with Gasteiger partial charge in [-0.05, 0) is 41.7 Å². The topological polar surface area (TPSA) is 17.1 Å². The van der Waals surface area contributed by atoms with E-state index in [0.717, 1.165) is 6.42 Å². The van der Waals surface area contributed by atoms with Crippen molar-refractivity contribution in [2.45, 2.75) is 51.9 Å². The molecule has 0 radical (unpaired) electrons. The second-order valence-corrected chi connectivity index (χ2v) is 6.52. The molecule has 0 amide bonds. The fourth-order valence-electron chi connectivity index (χ4n) is 4.08. The summed E-state index contributed by atoms with van der Waals surface area (Å²) in [6.07, 6.45) is 5.57. The Morgan fingerprint density at radius 2 is 2.16 bits per heavy atom. The third-order valence-electron chi connectivity index (χ3n) is 5.03. The zero-order valence-electron chi connectivity index (χ0n) is 12.1. The minimum atomic E-state index is 0.350. The highest BCUT2D eigenvalue weighted by atomic mass is 16.1. The Bertz CT molecular complexity index is 476. The quantitative estimate of drug-likeness (QED) is 0.765. The van der Waals surface area contributed by atoms with Crippen LogP contribution in [0, 0.1) is 17.8 Å². The molecule has 1 fully saturated rings. The summed E-state index contributed by atoms with van der Waals surface area (Å²) in [6.45, 7) is 4.43. The molecule has 1 nitrogen and oxygen atoms in total. The number of rotatable bonds is 5. The molecule has 1 saturated carbocycles. The minimum Gasteiger partial charge on any atom is -0.299 e. The fraction of sp³-hybridized carbons (Fsp3) is 0.611. The molecule has 2 aliphatic rings. The molecular weight excluding hydrogens is 232 g/mol. The van der Waals surface area contributed by atoms with Crippen molar-refractivity contribution in [1.82, 2.24) is 0 Å². The van der Waals surface area contributed by atoms with Crippen molar-refractivity contribution < 1.29 is 4.79 Å². The van der Waals surface area contributed by atoms with Gasteiger partial charge in [-0.15, -0.1) is 0 Å². The van der Waals surface area contributed by atoms with Crippen LogP contribution in [0.2, 0.25) is 0 Å². The molecule has 0 aliphatic heterocycles. The van der Waals surface area contributed by atoms with Crippen LogP contribution < -0.4 is 0 Å². The van der Waals surface area contributed by atoms with Gasteiger partial charge in [0.05, 0.1) is 0 Å². The lowest BCUT2D eigenvalue weighted by molar-refractivity contribution is -0.121. The van der Waals surface area contributed by atoms with E-state index in [1.54, 1.807) is 0 Å². The maximum absolute atomic E-state index is 12.5. The van der Waals surface area contributed by atoms with Gasteiger partial charge >= 0.3 is 0 Å². The molecule has 102 valence electrons. The molecule has 2 aliphatic carbocycles. The summed E-state index contributed by atoms with van der Waals surface area (Å²) in [7, 11) is 0. The van der Waals surface area contributed by atoms with Crippen LogP contribution in [-0.4, -0.2) is 5.78 Å². The highest BCUT2D eigenvalue weighted by Gasteiger charge is 2.56. The molecule has 0 saturated heterocycles. The molecule has 19 heavy (non-hydrogen) atoms. The normalized spacial score (nSPS) is 29.3. The number of carbonyl (C=O) groups excluding carboxylic acids is 1. The standard InChI is InChI=1S/C18H24O/c1-3-6-12(2)11-16(19)18-15-10-9-13-7-4-5-8-14(13)17(15)18/h4-5,7-8,12,15,17-18H,3,6,9-11H2,1-2H3. The predicted octanol–water partition coefficient (Wildman–Crippen LogP) is 4.36. The summed E-state index contributed by atoms with van der Waals surface area (Å²) in [5, 5.41) is 0. The SMILES string of the molecule is CCCC(C)CC(=O)C1C2CCc3ccccc3C21. The van der Waals surface area contributed by atoms with Gasteiger partial charge in [0.15, 0.2) is 0 Å². The van der Waals surface area contributed by atoms with E-state index in [0.29, 0.717) is 29.5 Å². The lowest BCUT2D eigenvalue weighted by Gasteiger charge is -2.13. The van der Waals surface area contributed by atoms with Crippen LogP contribution in [0.5, 0.6) is 0 Å². The van der Waals surface area contributed by atoms with Gasteiger partial charge in [-0.3, -0.25) is 4.79 Å². The van der Waals surface area contributed by atoms with Crippen LogP contribution in [-0.2, 0) is 11.2 Å². The molecule has 4 unspecified atom stereocenters. The van der Waals surface area contributed by atoms with Crippen LogP contribution in [0.15, 0.2) is 24.3 Å². The number of carbonyl (C=O) groups is 1. The van der Waals surface area contributed by atoms with Crippen molar-refractivity contribution in [3.05, 3.63) is 35.4 Å². The average Bonchev–Trinajstić information content (AvgIpc) is 3.13. The number of fused-ring (bicyclic) bond motifs is 3. The van der Waals surface area contributed by atoms with Gasteiger partial charge in [0, 0.05) is 12.3 Å². The highest BCUT2D eigenvalue weighted by molar-refractivity contribution is 5.86. The third kappa shape index (κ3) is 2.35. The van der Waals surface area contributed by atoms with Crippen LogP contribution in [0.25, 0.3) is 0 Å². The van der Waals surface area contributed by atoms with Crippen molar-refractivity contribution in [3.8, 4) is 0 Å².